The first-order chi connectivity index (χ1) is 40.8. The minimum Gasteiger partial charge on any atom is -0.748 e. The summed E-state index contributed by atoms with van der Waals surface area (Å²) in [6, 6.07) is 0. The molecule has 0 aliphatic rings. The molecule has 0 radical (unpaired) electrons. The maximum absolute atomic E-state index is 12.8. The third-order valence-electron chi connectivity index (χ3n) is 15.9. The van der Waals surface area contributed by atoms with E-state index in [4.69, 9.17) is 37.3 Å². The van der Waals surface area contributed by atoms with E-state index in [0.717, 1.165) is 135 Å². The largest absolute Gasteiger partial charge is 1.00 e. The number of hydrogen-bond donors (Lipinski definition) is 0. The molecule has 0 bridgehead atoms. The van der Waals surface area contributed by atoms with E-state index in [1.54, 1.807) is 0 Å². The van der Waals surface area contributed by atoms with E-state index < -0.39 is 78.2 Å². The van der Waals surface area contributed by atoms with Gasteiger partial charge in [-0.25, -0.2) is 25.3 Å². The molecule has 17 nitrogen and oxygen atoms in total. The van der Waals surface area contributed by atoms with Crippen LogP contribution < -0.4 is 88.7 Å². The smallest absolute Gasteiger partial charge is 0.748 e. The number of unbranched alkanes of at least 4 members (excludes halogenated alkanes) is 35. The molecule has 0 aromatic heterocycles. The van der Waals surface area contributed by atoms with Gasteiger partial charge in [-0.15, -0.1) is 0 Å². The standard InChI is InChI=1S/C65H132O17S3.3Na/c1-6-11-16-21-26-31-36-41-46-75-51-63(60-82-85(72,73)74,52-80-58-64(61-83(66,67)68,54-76-47-42-37-32-27-22-17-12-7-2)55-77-48-43-38-33-28-23-18-13-8-3)53-81-59-65(62-84(69,70)71,56-78-49-44-39-34-29-24-19-14-9-4)57-79-50-45-40-35-30-25-20-15-10-5;;;/h6-62H2,1-5H3,(H,66,67,68)(H,69,70,71)(H,72,73,74);;;/q;3*+1/p-3. The molecule has 0 rings (SSSR count). The summed E-state index contributed by atoms with van der Waals surface area (Å²) in [4.78, 5) is 0. The Labute approximate surface area is 607 Å². The molecular formula is C65H129Na3O17S3. The second kappa shape index (κ2) is 65.4. The molecule has 0 amide bonds. The van der Waals surface area contributed by atoms with Gasteiger partial charge in [-0.05, 0) is 32.1 Å². The van der Waals surface area contributed by atoms with Crippen molar-refractivity contribution in [1.29, 1.82) is 0 Å². The van der Waals surface area contributed by atoms with Gasteiger partial charge in [0.2, 0.25) is 10.4 Å². The van der Waals surface area contributed by atoms with E-state index in [2.05, 4.69) is 34.6 Å². The number of ether oxygens (including phenoxy) is 7. The predicted octanol–water partition coefficient (Wildman–Crippen LogP) is 6.34. The van der Waals surface area contributed by atoms with Crippen LogP contribution in [0.5, 0.6) is 0 Å². The fraction of sp³-hybridized carbons (Fsp3) is 1.00. The maximum Gasteiger partial charge on any atom is 1.00 e. The van der Waals surface area contributed by atoms with Crippen LogP contribution in [0.4, 0.5) is 0 Å². The zero-order valence-electron chi connectivity index (χ0n) is 58.0. The third-order valence-corrected chi connectivity index (χ3v) is 18.2. The minimum atomic E-state index is -5.31. The maximum atomic E-state index is 12.8. The fourth-order valence-electron chi connectivity index (χ4n) is 10.8. The summed E-state index contributed by atoms with van der Waals surface area (Å²) < 4.78 is 163. The second-order valence-corrected chi connectivity index (χ2v) is 29.1. The topological polar surface area (TPSA) is 245 Å². The van der Waals surface area contributed by atoms with E-state index in [1.807, 2.05) is 0 Å². The van der Waals surface area contributed by atoms with Crippen molar-refractivity contribution in [3.63, 3.8) is 0 Å². The summed E-state index contributed by atoms with van der Waals surface area (Å²) >= 11 is 0. The third kappa shape index (κ3) is 64.4. The Kier molecular flexibility index (Phi) is 71.9. The summed E-state index contributed by atoms with van der Waals surface area (Å²) in [6.07, 6.45) is 42.5. The van der Waals surface area contributed by atoms with Crippen LogP contribution in [0.2, 0.25) is 0 Å². The van der Waals surface area contributed by atoms with Crippen molar-refractivity contribution in [2.45, 2.75) is 291 Å². The van der Waals surface area contributed by atoms with E-state index in [0.29, 0.717) is 32.8 Å². The predicted molar refractivity (Wildman–Crippen MR) is 341 cm³/mol. The van der Waals surface area contributed by atoms with Crippen LogP contribution in [0, 0.1) is 16.2 Å². The average Bonchev–Trinajstić information content (AvgIpc) is 3.32. The van der Waals surface area contributed by atoms with Gasteiger partial charge in [-0.3, -0.25) is 4.18 Å². The molecular weight excluding hydrogens is 1220 g/mol. The molecule has 0 heterocycles. The van der Waals surface area contributed by atoms with Crippen LogP contribution in [0.15, 0.2) is 0 Å². The van der Waals surface area contributed by atoms with Crippen molar-refractivity contribution in [3.05, 3.63) is 0 Å². The van der Waals surface area contributed by atoms with Crippen LogP contribution in [0.1, 0.15) is 291 Å². The SMILES string of the molecule is CCCCCCCCCCOCC(COCC(COCCCCCCCCCC)(COCCCCCCCCCC)CS(=O)(=O)[O-])(COCC(COCCCCCCCCCC)(COCCCCCCCCCC)CS(=O)(=O)[O-])COS(=O)(=O)[O-].[Na+].[Na+].[Na+]. The van der Waals surface area contributed by atoms with Gasteiger partial charge in [-0.1, -0.05) is 259 Å². The van der Waals surface area contributed by atoms with Gasteiger partial charge in [-0.2, -0.15) is 0 Å². The Bertz CT molecular complexity index is 1660. The average molecular weight is 1350 g/mol. The first kappa shape index (κ1) is 96.8. The monoisotopic (exact) mass is 1350 g/mol. The normalized spacial score (nSPS) is 12.5. The van der Waals surface area contributed by atoms with Crippen molar-refractivity contribution >= 4 is 30.6 Å². The Morgan fingerprint density at radius 2 is 0.409 bits per heavy atom. The quantitative estimate of drug-likeness (QED) is 0.0279. The van der Waals surface area contributed by atoms with Gasteiger partial charge in [0.05, 0.1) is 114 Å². The zero-order valence-corrected chi connectivity index (χ0v) is 66.4. The second-order valence-electron chi connectivity index (χ2n) is 25.2. The Morgan fingerprint density at radius 3 is 0.602 bits per heavy atom. The first-order valence-electron chi connectivity index (χ1n) is 34.4. The Hall–Kier alpha value is 2.41. The molecule has 0 aromatic carbocycles. The molecule has 512 valence electrons. The molecule has 23 heteroatoms. The number of hydrogen-bond acceptors (Lipinski definition) is 17. The van der Waals surface area contributed by atoms with Crippen LogP contribution >= 0.6 is 0 Å². The van der Waals surface area contributed by atoms with E-state index in [1.165, 1.54) is 116 Å². The molecule has 0 N–H and O–H groups in total. The Balaban J connectivity index is -0.0000118. The first-order valence-corrected chi connectivity index (χ1v) is 38.8. The summed E-state index contributed by atoms with van der Waals surface area (Å²) in [7, 11) is -15.1. The Morgan fingerprint density at radius 1 is 0.239 bits per heavy atom. The van der Waals surface area contributed by atoms with Crippen molar-refractivity contribution in [1.82, 2.24) is 0 Å². The van der Waals surface area contributed by atoms with Gasteiger partial charge in [0, 0.05) is 33.0 Å². The number of rotatable bonds is 70. The van der Waals surface area contributed by atoms with Gasteiger partial charge in [0.15, 0.2) is 0 Å². The van der Waals surface area contributed by atoms with E-state index in [-0.39, 0.29) is 142 Å². The molecule has 0 spiro atoms. The molecule has 0 aliphatic heterocycles. The fourth-order valence-corrected chi connectivity index (χ4v) is 13.2. The molecule has 0 aromatic rings. The summed E-state index contributed by atoms with van der Waals surface area (Å²) in [5.41, 5.74) is -4.57. The van der Waals surface area contributed by atoms with Gasteiger partial charge < -0.3 is 46.8 Å². The molecule has 0 unspecified atom stereocenters. The summed E-state index contributed by atoms with van der Waals surface area (Å²) in [6.45, 7) is 9.05. The van der Waals surface area contributed by atoms with E-state index in [9.17, 15) is 38.9 Å². The zero-order chi connectivity index (χ0) is 63.0. The van der Waals surface area contributed by atoms with Crippen LogP contribution in [0.3, 0.4) is 0 Å². The van der Waals surface area contributed by atoms with Crippen molar-refractivity contribution in [3.8, 4) is 0 Å². The van der Waals surface area contributed by atoms with Gasteiger partial charge in [0.1, 0.15) is 0 Å². The van der Waals surface area contributed by atoms with Crippen LogP contribution in [0.25, 0.3) is 0 Å². The molecule has 0 saturated carbocycles. The van der Waals surface area contributed by atoms with Crippen molar-refractivity contribution < 1.29 is 165 Å². The molecule has 0 fully saturated rings. The summed E-state index contributed by atoms with van der Waals surface area (Å²) in [5, 5.41) is 0. The van der Waals surface area contributed by atoms with Crippen molar-refractivity contribution in [2.24, 2.45) is 16.2 Å². The van der Waals surface area contributed by atoms with Gasteiger partial charge in [0.25, 0.3) is 0 Å². The minimum absolute atomic E-state index is 0. The molecule has 88 heavy (non-hydrogen) atoms. The molecule has 0 aliphatic carbocycles. The molecule has 0 saturated heterocycles. The summed E-state index contributed by atoms with van der Waals surface area (Å²) in [5.74, 6) is -1.74. The van der Waals surface area contributed by atoms with Crippen LogP contribution in [-0.2, 0) is 68.0 Å². The molecule has 0 atom stereocenters. The van der Waals surface area contributed by atoms with Crippen LogP contribution in [-0.4, -0.2) is 150 Å². The van der Waals surface area contributed by atoms with Gasteiger partial charge >= 0.3 is 88.7 Å². The van der Waals surface area contributed by atoms with Crippen molar-refractivity contribution in [2.75, 3.05) is 111 Å². The van der Waals surface area contributed by atoms with E-state index >= 15 is 0 Å².